The quantitative estimate of drug-likeness (QED) is 0.714. The summed E-state index contributed by atoms with van der Waals surface area (Å²) in [6.45, 7) is 5.01. The lowest BCUT2D eigenvalue weighted by Crippen LogP contribution is -2.29. The van der Waals surface area contributed by atoms with Crippen LogP contribution in [0.15, 0.2) is 53.4 Å². The highest BCUT2D eigenvalue weighted by Gasteiger charge is 2.10. The minimum Gasteiger partial charge on any atom is -0.372 e. The highest BCUT2D eigenvalue weighted by molar-refractivity contribution is 7.99. The number of amides is 1. The molecule has 1 aliphatic rings. The van der Waals surface area contributed by atoms with Gasteiger partial charge in [0.2, 0.25) is 5.91 Å². The molecule has 1 saturated heterocycles. The predicted octanol–water partition coefficient (Wildman–Crippen LogP) is 4.78. The van der Waals surface area contributed by atoms with Gasteiger partial charge >= 0.3 is 0 Å². The molecule has 1 heterocycles. The molecular weight excluding hydrogens is 340 g/mol. The van der Waals surface area contributed by atoms with E-state index >= 15 is 0 Å². The van der Waals surface area contributed by atoms with Gasteiger partial charge < -0.3 is 10.2 Å². The molecule has 0 aliphatic carbocycles. The first kappa shape index (κ1) is 18.8. The van der Waals surface area contributed by atoms with Gasteiger partial charge in [-0.15, -0.1) is 11.8 Å². The van der Waals surface area contributed by atoms with Crippen molar-refractivity contribution in [2.45, 2.75) is 44.0 Å². The number of hydrogen-bond acceptors (Lipinski definition) is 3. The fourth-order valence-electron chi connectivity index (χ4n) is 3.16. The summed E-state index contributed by atoms with van der Waals surface area (Å²) in [6, 6.07) is 17.1. The van der Waals surface area contributed by atoms with E-state index in [1.165, 1.54) is 35.4 Å². The van der Waals surface area contributed by atoms with E-state index in [1.807, 2.05) is 0 Å². The van der Waals surface area contributed by atoms with E-state index in [-0.39, 0.29) is 5.91 Å². The van der Waals surface area contributed by atoms with E-state index in [0.717, 1.165) is 24.4 Å². The van der Waals surface area contributed by atoms with E-state index in [1.54, 1.807) is 11.8 Å². The van der Waals surface area contributed by atoms with Crippen molar-refractivity contribution in [1.82, 2.24) is 5.32 Å². The minimum absolute atomic E-state index is 0.115. The first-order chi connectivity index (χ1) is 12.7. The first-order valence-electron chi connectivity index (χ1n) is 9.51. The van der Waals surface area contributed by atoms with Crippen LogP contribution in [-0.4, -0.2) is 24.7 Å². The molecule has 0 unspecified atom stereocenters. The highest BCUT2D eigenvalue weighted by Crippen LogP contribution is 2.21. The molecule has 0 atom stereocenters. The van der Waals surface area contributed by atoms with Gasteiger partial charge in [0, 0.05) is 42.4 Å². The normalized spacial score (nSPS) is 14.3. The maximum absolute atomic E-state index is 12.0. The Morgan fingerprint density at radius 1 is 1.00 bits per heavy atom. The predicted molar refractivity (Wildman–Crippen MR) is 111 cm³/mol. The van der Waals surface area contributed by atoms with Crippen molar-refractivity contribution >= 4 is 23.4 Å². The van der Waals surface area contributed by atoms with E-state index in [0.29, 0.717) is 13.0 Å². The molecule has 3 rings (SSSR count). The van der Waals surface area contributed by atoms with Gasteiger partial charge in [-0.1, -0.05) is 29.8 Å². The Morgan fingerprint density at radius 2 is 1.69 bits per heavy atom. The zero-order valence-electron chi connectivity index (χ0n) is 15.5. The second kappa shape index (κ2) is 9.67. The van der Waals surface area contributed by atoms with Gasteiger partial charge in [0.25, 0.3) is 0 Å². The van der Waals surface area contributed by atoms with Crippen molar-refractivity contribution in [2.75, 3.05) is 23.7 Å². The van der Waals surface area contributed by atoms with Crippen molar-refractivity contribution in [3.05, 3.63) is 59.7 Å². The monoisotopic (exact) mass is 368 g/mol. The first-order valence-corrected chi connectivity index (χ1v) is 10.5. The molecule has 0 radical (unpaired) electrons. The SMILES string of the molecule is Cc1ccc(SCCC(=O)NCc2ccc(N3CCCCC3)cc2)cc1. The molecule has 138 valence electrons. The summed E-state index contributed by atoms with van der Waals surface area (Å²) >= 11 is 1.73. The summed E-state index contributed by atoms with van der Waals surface area (Å²) in [5.41, 5.74) is 3.72. The van der Waals surface area contributed by atoms with Gasteiger partial charge in [0.15, 0.2) is 0 Å². The Hall–Kier alpha value is -1.94. The Kier molecular flexibility index (Phi) is 7.01. The maximum Gasteiger partial charge on any atom is 0.221 e. The third-order valence-corrected chi connectivity index (χ3v) is 5.78. The number of nitrogens with zero attached hydrogens (tertiary/aromatic N) is 1. The number of benzene rings is 2. The third kappa shape index (κ3) is 5.80. The molecule has 1 amide bonds. The van der Waals surface area contributed by atoms with Crippen LogP contribution in [0.3, 0.4) is 0 Å². The van der Waals surface area contributed by atoms with Crippen LogP contribution in [0.2, 0.25) is 0 Å². The van der Waals surface area contributed by atoms with Crippen molar-refractivity contribution in [1.29, 1.82) is 0 Å². The maximum atomic E-state index is 12.0. The molecule has 2 aromatic carbocycles. The number of carbonyl (C=O) groups excluding carboxylic acids is 1. The molecule has 0 spiro atoms. The van der Waals surface area contributed by atoms with Crippen LogP contribution >= 0.6 is 11.8 Å². The summed E-state index contributed by atoms with van der Waals surface area (Å²) in [5.74, 6) is 0.924. The summed E-state index contributed by atoms with van der Waals surface area (Å²) < 4.78 is 0. The van der Waals surface area contributed by atoms with E-state index in [9.17, 15) is 4.79 Å². The second-order valence-corrected chi connectivity index (χ2v) is 8.07. The molecule has 26 heavy (non-hydrogen) atoms. The van der Waals surface area contributed by atoms with Crippen LogP contribution in [0, 0.1) is 6.92 Å². The average molecular weight is 369 g/mol. The standard InChI is InChI=1S/C22H28N2OS/c1-18-5-11-21(12-6-18)26-16-13-22(25)23-17-19-7-9-20(10-8-19)24-14-3-2-4-15-24/h5-12H,2-4,13-17H2,1H3,(H,23,25). The molecule has 2 aromatic rings. The lowest BCUT2D eigenvalue weighted by molar-refractivity contribution is -0.120. The summed E-state index contributed by atoms with van der Waals surface area (Å²) in [4.78, 5) is 15.7. The van der Waals surface area contributed by atoms with Gasteiger partial charge in [-0.2, -0.15) is 0 Å². The smallest absolute Gasteiger partial charge is 0.221 e. The molecular formula is C22H28N2OS. The van der Waals surface area contributed by atoms with Crippen molar-refractivity contribution in [3.63, 3.8) is 0 Å². The van der Waals surface area contributed by atoms with Crippen molar-refractivity contribution in [2.24, 2.45) is 0 Å². The summed E-state index contributed by atoms with van der Waals surface area (Å²) in [5, 5.41) is 3.03. The molecule has 3 nitrogen and oxygen atoms in total. The second-order valence-electron chi connectivity index (χ2n) is 6.90. The van der Waals surface area contributed by atoms with Gasteiger partial charge in [-0.05, 0) is 56.0 Å². The van der Waals surface area contributed by atoms with E-state index in [4.69, 9.17) is 0 Å². The van der Waals surface area contributed by atoms with Gasteiger partial charge in [-0.25, -0.2) is 0 Å². The fourth-order valence-corrected chi connectivity index (χ4v) is 4.01. The van der Waals surface area contributed by atoms with Gasteiger partial charge in [0.05, 0.1) is 0 Å². The summed E-state index contributed by atoms with van der Waals surface area (Å²) in [7, 11) is 0. The lowest BCUT2D eigenvalue weighted by Gasteiger charge is -2.28. The van der Waals surface area contributed by atoms with Crippen molar-refractivity contribution < 1.29 is 4.79 Å². The number of thioether (sulfide) groups is 1. The van der Waals surface area contributed by atoms with Crippen LogP contribution in [0.5, 0.6) is 0 Å². The lowest BCUT2D eigenvalue weighted by atomic mass is 10.1. The fraction of sp³-hybridized carbons (Fsp3) is 0.409. The number of hydrogen-bond donors (Lipinski definition) is 1. The summed E-state index contributed by atoms with van der Waals surface area (Å²) in [6.07, 6.45) is 4.48. The molecule has 0 saturated carbocycles. The highest BCUT2D eigenvalue weighted by atomic mass is 32.2. The number of nitrogens with one attached hydrogen (secondary N) is 1. The molecule has 4 heteroatoms. The number of rotatable bonds is 7. The van der Waals surface area contributed by atoms with Crippen LogP contribution < -0.4 is 10.2 Å². The third-order valence-electron chi connectivity index (χ3n) is 4.77. The van der Waals surface area contributed by atoms with Crippen molar-refractivity contribution in [3.8, 4) is 0 Å². The number of piperidine rings is 1. The van der Waals surface area contributed by atoms with Crippen LogP contribution in [-0.2, 0) is 11.3 Å². The van der Waals surface area contributed by atoms with Crippen LogP contribution in [0.4, 0.5) is 5.69 Å². The van der Waals surface area contributed by atoms with Gasteiger partial charge in [-0.3, -0.25) is 4.79 Å². The Balaban J connectivity index is 1.37. The largest absolute Gasteiger partial charge is 0.372 e. The topological polar surface area (TPSA) is 32.3 Å². The van der Waals surface area contributed by atoms with E-state index in [2.05, 4.69) is 65.7 Å². The Labute approximate surface area is 161 Å². The zero-order valence-corrected chi connectivity index (χ0v) is 16.4. The molecule has 0 aromatic heterocycles. The molecule has 1 N–H and O–H groups in total. The Morgan fingerprint density at radius 3 is 2.38 bits per heavy atom. The number of aryl methyl sites for hydroxylation is 1. The molecule has 1 aliphatic heterocycles. The van der Waals surface area contributed by atoms with E-state index < -0.39 is 0 Å². The van der Waals surface area contributed by atoms with Gasteiger partial charge in [0.1, 0.15) is 0 Å². The average Bonchev–Trinajstić information content (AvgIpc) is 2.69. The van der Waals surface area contributed by atoms with Crippen LogP contribution in [0.25, 0.3) is 0 Å². The number of anilines is 1. The zero-order chi connectivity index (χ0) is 18.2. The van der Waals surface area contributed by atoms with Crippen LogP contribution in [0.1, 0.15) is 36.8 Å². The number of carbonyl (C=O) groups is 1. The molecule has 1 fully saturated rings. The Bertz CT molecular complexity index is 691. The minimum atomic E-state index is 0.115. The molecule has 0 bridgehead atoms.